The van der Waals surface area contributed by atoms with E-state index in [-0.39, 0.29) is 35.5 Å². The molecule has 2 aliphatic rings. The number of urea groups is 1. The van der Waals surface area contributed by atoms with E-state index in [1.165, 1.54) is 11.6 Å². The SMILES string of the molecule is I.O=C=CCOCCCN1CCN(C(=O)NC2(c3ccccc3)CCNCC2)CC1. The van der Waals surface area contributed by atoms with Crippen molar-refractivity contribution in [2.24, 2.45) is 0 Å². The van der Waals surface area contributed by atoms with Gasteiger partial charge in [-0.15, -0.1) is 24.0 Å². The Balaban J connectivity index is 0.00000320. The van der Waals surface area contributed by atoms with Gasteiger partial charge in [0.05, 0.1) is 12.1 Å². The molecule has 30 heavy (non-hydrogen) atoms. The Labute approximate surface area is 196 Å². The van der Waals surface area contributed by atoms with E-state index in [9.17, 15) is 9.59 Å². The van der Waals surface area contributed by atoms with Crippen molar-refractivity contribution in [3.05, 3.63) is 42.0 Å². The van der Waals surface area contributed by atoms with Crippen LogP contribution in [-0.4, -0.2) is 80.8 Å². The van der Waals surface area contributed by atoms with Crippen LogP contribution in [0.3, 0.4) is 0 Å². The first-order valence-corrected chi connectivity index (χ1v) is 10.6. The van der Waals surface area contributed by atoms with Crippen molar-refractivity contribution in [3.8, 4) is 0 Å². The minimum absolute atomic E-state index is 0. The lowest BCUT2D eigenvalue weighted by Gasteiger charge is -2.42. The molecule has 2 saturated heterocycles. The molecule has 2 heterocycles. The first-order valence-electron chi connectivity index (χ1n) is 10.6. The van der Waals surface area contributed by atoms with Crippen molar-refractivity contribution in [2.75, 3.05) is 59.0 Å². The molecule has 0 aliphatic carbocycles. The van der Waals surface area contributed by atoms with Gasteiger partial charge in [0.25, 0.3) is 0 Å². The molecule has 3 rings (SSSR count). The van der Waals surface area contributed by atoms with Crippen LogP contribution in [0, 0.1) is 0 Å². The zero-order chi connectivity index (χ0) is 20.4. The Hall–Kier alpha value is -1.45. The Kier molecular flexibility index (Phi) is 10.8. The van der Waals surface area contributed by atoms with Crippen molar-refractivity contribution >= 4 is 35.9 Å². The third kappa shape index (κ3) is 7.06. The summed E-state index contributed by atoms with van der Waals surface area (Å²) in [6, 6.07) is 10.4. The summed E-state index contributed by atoms with van der Waals surface area (Å²) in [4.78, 5) is 27.4. The summed E-state index contributed by atoms with van der Waals surface area (Å²) in [6.07, 6.45) is 4.08. The molecule has 0 radical (unpaired) electrons. The van der Waals surface area contributed by atoms with Crippen LogP contribution in [-0.2, 0) is 15.1 Å². The highest BCUT2D eigenvalue weighted by atomic mass is 127. The third-order valence-corrected chi connectivity index (χ3v) is 5.84. The minimum Gasteiger partial charge on any atom is -0.377 e. The zero-order valence-corrected chi connectivity index (χ0v) is 19.8. The van der Waals surface area contributed by atoms with Gasteiger partial charge in [0, 0.05) is 45.4 Å². The lowest BCUT2D eigenvalue weighted by molar-refractivity contribution is 0.111. The molecule has 1 aromatic rings. The lowest BCUT2D eigenvalue weighted by atomic mass is 9.81. The summed E-state index contributed by atoms with van der Waals surface area (Å²) < 4.78 is 5.34. The third-order valence-electron chi connectivity index (χ3n) is 5.84. The highest BCUT2D eigenvalue weighted by Crippen LogP contribution is 2.30. The Morgan fingerprint density at radius 1 is 1.17 bits per heavy atom. The highest BCUT2D eigenvalue weighted by molar-refractivity contribution is 14.0. The average Bonchev–Trinajstić information content (AvgIpc) is 2.78. The second kappa shape index (κ2) is 13.1. The van der Waals surface area contributed by atoms with E-state index in [1.54, 1.807) is 5.94 Å². The average molecular weight is 528 g/mol. The molecule has 7 nitrogen and oxygen atoms in total. The second-order valence-corrected chi connectivity index (χ2v) is 7.71. The van der Waals surface area contributed by atoms with Gasteiger partial charge in [-0.3, -0.25) is 4.90 Å². The van der Waals surface area contributed by atoms with Gasteiger partial charge in [-0.05, 0) is 37.9 Å². The van der Waals surface area contributed by atoms with E-state index < -0.39 is 0 Å². The summed E-state index contributed by atoms with van der Waals surface area (Å²) in [5, 5.41) is 6.78. The fraction of sp³-hybridized carbons (Fsp3) is 0.591. The van der Waals surface area contributed by atoms with E-state index in [2.05, 4.69) is 27.7 Å². The van der Waals surface area contributed by atoms with Crippen LogP contribution in [0.4, 0.5) is 4.79 Å². The molecule has 8 heteroatoms. The number of benzene rings is 1. The number of hydrogen-bond donors (Lipinski definition) is 2. The van der Waals surface area contributed by atoms with Crippen LogP contribution in [0.1, 0.15) is 24.8 Å². The predicted molar refractivity (Wildman–Crippen MR) is 128 cm³/mol. The number of nitrogens with one attached hydrogen (secondary N) is 2. The van der Waals surface area contributed by atoms with Gasteiger partial charge in [-0.25, -0.2) is 9.59 Å². The smallest absolute Gasteiger partial charge is 0.318 e. The molecular formula is C22H33IN4O3. The molecular weight excluding hydrogens is 495 g/mol. The summed E-state index contributed by atoms with van der Waals surface area (Å²) in [5.41, 5.74) is 0.909. The van der Waals surface area contributed by atoms with Gasteiger partial charge in [0.15, 0.2) is 0 Å². The van der Waals surface area contributed by atoms with Crippen molar-refractivity contribution in [2.45, 2.75) is 24.8 Å². The van der Waals surface area contributed by atoms with Crippen LogP contribution in [0.2, 0.25) is 0 Å². The van der Waals surface area contributed by atoms with Gasteiger partial charge >= 0.3 is 6.03 Å². The number of hydrogen-bond acceptors (Lipinski definition) is 5. The molecule has 0 aromatic heterocycles. The number of carbonyl (C=O) groups excluding carboxylic acids is 2. The van der Waals surface area contributed by atoms with Crippen molar-refractivity contribution in [3.63, 3.8) is 0 Å². The van der Waals surface area contributed by atoms with E-state index >= 15 is 0 Å². The fourth-order valence-electron chi connectivity index (χ4n) is 4.12. The standard InChI is InChI=1S/C22H32N4O3.HI/c27-17-5-19-29-18-4-12-25-13-15-26(16-14-25)21(28)24-22(8-10-23-11-9-22)20-6-2-1-3-7-20;/h1-3,5-7,23H,4,8-16,18-19H2,(H,24,28);1H. The second-order valence-electron chi connectivity index (χ2n) is 7.71. The number of amides is 2. The molecule has 2 fully saturated rings. The molecule has 166 valence electrons. The maximum absolute atomic E-state index is 13.0. The molecule has 2 N–H and O–H groups in total. The molecule has 0 saturated carbocycles. The summed E-state index contributed by atoms with van der Waals surface area (Å²) in [5.74, 6) is 1.71. The largest absolute Gasteiger partial charge is 0.377 e. The van der Waals surface area contributed by atoms with E-state index in [4.69, 9.17) is 4.74 Å². The fourth-order valence-corrected chi connectivity index (χ4v) is 4.12. The van der Waals surface area contributed by atoms with Crippen LogP contribution in [0.15, 0.2) is 36.4 Å². The summed E-state index contributed by atoms with van der Waals surface area (Å²) >= 11 is 0. The molecule has 2 amide bonds. The Morgan fingerprint density at radius 2 is 1.87 bits per heavy atom. The number of ether oxygens (including phenoxy) is 1. The number of piperazine rings is 1. The number of rotatable bonds is 8. The number of nitrogens with zero attached hydrogens (tertiary/aromatic N) is 2. The van der Waals surface area contributed by atoms with Gasteiger partial charge < -0.3 is 20.3 Å². The molecule has 0 atom stereocenters. The van der Waals surface area contributed by atoms with Gasteiger partial charge in [-0.1, -0.05) is 30.3 Å². The van der Waals surface area contributed by atoms with Crippen LogP contribution < -0.4 is 10.6 Å². The van der Waals surface area contributed by atoms with E-state index in [1.807, 2.05) is 23.1 Å². The van der Waals surface area contributed by atoms with E-state index in [0.29, 0.717) is 13.2 Å². The number of halogens is 1. The van der Waals surface area contributed by atoms with Gasteiger partial charge in [0.2, 0.25) is 0 Å². The van der Waals surface area contributed by atoms with Gasteiger partial charge in [0.1, 0.15) is 5.94 Å². The Morgan fingerprint density at radius 3 is 2.53 bits per heavy atom. The monoisotopic (exact) mass is 528 g/mol. The molecule has 0 spiro atoms. The Bertz CT molecular complexity index is 683. The molecule has 0 bridgehead atoms. The minimum atomic E-state index is -0.284. The number of carbonyl (C=O) groups is 1. The molecule has 1 aromatic carbocycles. The normalized spacial score (nSPS) is 18.7. The highest BCUT2D eigenvalue weighted by Gasteiger charge is 2.36. The van der Waals surface area contributed by atoms with Crippen LogP contribution in [0.5, 0.6) is 0 Å². The maximum Gasteiger partial charge on any atom is 0.318 e. The zero-order valence-electron chi connectivity index (χ0n) is 17.5. The van der Waals surface area contributed by atoms with Crippen molar-refractivity contribution in [1.82, 2.24) is 20.4 Å². The first kappa shape index (κ1) is 24.8. The number of piperidine rings is 1. The van der Waals surface area contributed by atoms with Crippen LogP contribution in [0.25, 0.3) is 0 Å². The molecule has 0 unspecified atom stereocenters. The summed E-state index contributed by atoms with van der Waals surface area (Å²) in [6.45, 7) is 6.96. The lowest BCUT2D eigenvalue weighted by Crippen LogP contribution is -2.58. The first-order chi connectivity index (χ1) is 14.2. The summed E-state index contributed by atoms with van der Waals surface area (Å²) in [7, 11) is 0. The van der Waals surface area contributed by atoms with E-state index in [0.717, 1.165) is 65.1 Å². The van der Waals surface area contributed by atoms with Crippen molar-refractivity contribution < 1.29 is 14.3 Å². The predicted octanol–water partition coefficient (Wildman–Crippen LogP) is 2.00. The molecule has 2 aliphatic heterocycles. The quantitative estimate of drug-likeness (QED) is 0.307. The topological polar surface area (TPSA) is 73.9 Å². The van der Waals surface area contributed by atoms with Crippen molar-refractivity contribution in [1.29, 1.82) is 0 Å². The van der Waals surface area contributed by atoms with Gasteiger partial charge in [-0.2, -0.15) is 0 Å². The van der Waals surface area contributed by atoms with Crippen LogP contribution >= 0.6 is 24.0 Å². The maximum atomic E-state index is 13.0.